The molecule has 0 bridgehead atoms. The number of benzene rings is 2. The van der Waals surface area contributed by atoms with Gasteiger partial charge >= 0.3 is 0 Å². The van der Waals surface area contributed by atoms with Gasteiger partial charge in [-0.25, -0.2) is 12.8 Å². The minimum absolute atomic E-state index is 0.0295. The zero-order valence-corrected chi connectivity index (χ0v) is 12.8. The van der Waals surface area contributed by atoms with Gasteiger partial charge in [0.25, 0.3) is 0 Å². The largest absolute Gasteiger partial charge is 0.493 e. The summed E-state index contributed by atoms with van der Waals surface area (Å²) in [6, 6.07) is 12.4. The van der Waals surface area contributed by atoms with E-state index in [-0.39, 0.29) is 17.3 Å². The van der Waals surface area contributed by atoms with Gasteiger partial charge in [0.15, 0.2) is 9.84 Å². The lowest BCUT2D eigenvalue weighted by Crippen LogP contribution is -2.15. The highest BCUT2D eigenvalue weighted by atomic mass is 79.9. The Kier molecular flexibility index (Phi) is 4.77. The van der Waals surface area contributed by atoms with E-state index in [1.165, 1.54) is 18.2 Å². The fraction of sp³-hybridized carbons (Fsp3) is 0.143. The molecule has 2 rings (SSSR count). The van der Waals surface area contributed by atoms with Gasteiger partial charge in [-0.1, -0.05) is 28.1 Å². The Bertz CT molecular complexity index is 684. The SMILES string of the molecule is O=S(=O)(CCOc1ccc(Br)cc1)c1ccccc1F. The molecule has 0 unspecified atom stereocenters. The summed E-state index contributed by atoms with van der Waals surface area (Å²) in [7, 11) is -3.68. The predicted octanol–water partition coefficient (Wildman–Crippen LogP) is 3.44. The van der Waals surface area contributed by atoms with E-state index in [9.17, 15) is 12.8 Å². The molecule has 2 aromatic carbocycles. The molecule has 0 aliphatic heterocycles. The van der Waals surface area contributed by atoms with Crippen molar-refractivity contribution in [3.8, 4) is 5.75 Å². The highest BCUT2D eigenvalue weighted by Gasteiger charge is 2.18. The van der Waals surface area contributed by atoms with Crippen LogP contribution in [-0.2, 0) is 9.84 Å². The molecule has 0 spiro atoms. The number of ether oxygens (including phenoxy) is 1. The summed E-state index contributed by atoms with van der Waals surface area (Å²) < 4.78 is 43.6. The minimum atomic E-state index is -3.68. The van der Waals surface area contributed by atoms with Crippen LogP contribution < -0.4 is 4.74 Å². The fourth-order valence-electron chi connectivity index (χ4n) is 1.61. The Balaban J connectivity index is 2.00. The number of sulfone groups is 1. The maximum absolute atomic E-state index is 13.5. The molecule has 3 nitrogen and oxygen atoms in total. The van der Waals surface area contributed by atoms with Gasteiger partial charge in [-0.3, -0.25) is 0 Å². The van der Waals surface area contributed by atoms with E-state index >= 15 is 0 Å². The summed E-state index contributed by atoms with van der Waals surface area (Å²) in [5.41, 5.74) is 0. The number of hydrogen-bond acceptors (Lipinski definition) is 3. The van der Waals surface area contributed by atoms with Crippen LogP contribution in [0.4, 0.5) is 4.39 Å². The predicted molar refractivity (Wildman–Crippen MR) is 78.1 cm³/mol. The molecule has 0 amide bonds. The molecule has 0 radical (unpaired) electrons. The second-order valence-electron chi connectivity index (χ2n) is 4.05. The second-order valence-corrected chi connectivity index (χ2v) is 7.04. The Morgan fingerprint density at radius 3 is 2.35 bits per heavy atom. The maximum Gasteiger partial charge on any atom is 0.184 e. The zero-order valence-electron chi connectivity index (χ0n) is 10.4. The van der Waals surface area contributed by atoms with Crippen molar-refractivity contribution < 1.29 is 17.5 Å². The van der Waals surface area contributed by atoms with Gasteiger partial charge in [-0.05, 0) is 36.4 Å². The summed E-state index contributed by atoms with van der Waals surface area (Å²) >= 11 is 3.29. The van der Waals surface area contributed by atoms with Crippen LogP contribution in [0.25, 0.3) is 0 Å². The van der Waals surface area contributed by atoms with E-state index in [4.69, 9.17) is 4.74 Å². The minimum Gasteiger partial charge on any atom is -0.493 e. The summed E-state index contributed by atoms with van der Waals surface area (Å²) in [6.07, 6.45) is 0. The molecule has 0 N–H and O–H groups in total. The topological polar surface area (TPSA) is 43.4 Å². The highest BCUT2D eigenvalue weighted by Crippen LogP contribution is 2.18. The molecule has 0 aliphatic carbocycles. The molecule has 0 aliphatic rings. The number of rotatable bonds is 5. The monoisotopic (exact) mass is 358 g/mol. The first-order chi connectivity index (χ1) is 9.49. The molecule has 6 heteroatoms. The normalized spacial score (nSPS) is 11.3. The maximum atomic E-state index is 13.5. The van der Waals surface area contributed by atoms with Crippen LogP contribution in [0.5, 0.6) is 5.75 Å². The lowest BCUT2D eigenvalue weighted by atomic mass is 10.3. The van der Waals surface area contributed by atoms with Gasteiger partial charge in [-0.15, -0.1) is 0 Å². The molecule has 0 heterocycles. The van der Waals surface area contributed by atoms with Gasteiger partial charge in [-0.2, -0.15) is 0 Å². The molecule has 0 fully saturated rings. The first kappa shape index (κ1) is 15.0. The Morgan fingerprint density at radius 2 is 1.70 bits per heavy atom. The Labute approximate surface area is 125 Å². The van der Waals surface area contributed by atoms with Crippen LogP contribution in [0, 0.1) is 5.82 Å². The van der Waals surface area contributed by atoms with Crippen LogP contribution in [-0.4, -0.2) is 20.8 Å². The average molecular weight is 359 g/mol. The summed E-state index contributed by atoms with van der Waals surface area (Å²) in [5, 5.41) is 0. The van der Waals surface area contributed by atoms with Crippen LogP contribution >= 0.6 is 15.9 Å². The summed E-state index contributed by atoms with van der Waals surface area (Å²) in [6.45, 7) is -0.0295. The van der Waals surface area contributed by atoms with E-state index in [1.54, 1.807) is 24.3 Å². The van der Waals surface area contributed by atoms with E-state index in [1.807, 2.05) is 0 Å². The van der Waals surface area contributed by atoms with E-state index in [2.05, 4.69) is 15.9 Å². The van der Waals surface area contributed by atoms with Gasteiger partial charge in [0.05, 0.1) is 5.75 Å². The first-order valence-electron chi connectivity index (χ1n) is 5.85. The Hall–Kier alpha value is -1.40. The molecule has 0 saturated carbocycles. The van der Waals surface area contributed by atoms with Gasteiger partial charge in [0, 0.05) is 4.47 Å². The van der Waals surface area contributed by atoms with Crippen molar-refractivity contribution in [2.75, 3.05) is 12.4 Å². The van der Waals surface area contributed by atoms with Crippen LogP contribution in [0.1, 0.15) is 0 Å². The first-order valence-corrected chi connectivity index (χ1v) is 8.29. The smallest absolute Gasteiger partial charge is 0.184 e. The quantitative estimate of drug-likeness (QED) is 0.822. The molecule has 106 valence electrons. The van der Waals surface area contributed by atoms with Crippen molar-refractivity contribution in [1.29, 1.82) is 0 Å². The molecule has 0 saturated heterocycles. The number of hydrogen-bond donors (Lipinski definition) is 0. The molecule has 0 atom stereocenters. The third-order valence-corrected chi connectivity index (χ3v) is 4.84. The van der Waals surface area contributed by atoms with Crippen molar-refractivity contribution in [1.82, 2.24) is 0 Å². The van der Waals surface area contributed by atoms with Crippen molar-refractivity contribution in [2.24, 2.45) is 0 Å². The van der Waals surface area contributed by atoms with Crippen molar-refractivity contribution in [2.45, 2.75) is 4.90 Å². The zero-order chi connectivity index (χ0) is 14.6. The van der Waals surface area contributed by atoms with Crippen LogP contribution in [0.15, 0.2) is 57.9 Å². The molecular weight excluding hydrogens is 347 g/mol. The molecule has 2 aromatic rings. The fourth-order valence-corrected chi connectivity index (χ4v) is 3.05. The Morgan fingerprint density at radius 1 is 1.05 bits per heavy atom. The lowest BCUT2D eigenvalue weighted by Gasteiger charge is -2.08. The van der Waals surface area contributed by atoms with Crippen LogP contribution in [0.2, 0.25) is 0 Å². The van der Waals surface area contributed by atoms with Crippen molar-refractivity contribution in [3.63, 3.8) is 0 Å². The standard InChI is InChI=1S/C14H12BrFO3S/c15-11-5-7-12(8-6-11)19-9-10-20(17,18)14-4-2-1-3-13(14)16/h1-8H,9-10H2. The third kappa shape index (κ3) is 3.80. The van der Waals surface area contributed by atoms with Crippen molar-refractivity contribution in [3.05, 3.63) is 58.8 Å². The third-order valence-electron chi connectivity index (χ3n) is 2.61. The van der Waals surface area contributed by atoms with Crippen LogP contribution in [0.3, 0.4) is 0 Å². The lowest BCUT2D eigenvalue weighted by molar-refractivity contribution is 0.340. The summed E-state index contributed by atoms with van der Waals surface area (Å²) in [5.74, 6) is -0.447. The van der Waals surface area contributed by atoms with Gasteiger partial charge in [0.2, 0.25) is 0 Å². The average Bonchev–Trinajstić information content (AvgIpc) is 2.41. The summed E-state index contributed by atoms with van der Waals surface area (Å²) in [4.78, 5) is -0.292. The van der Waals surface area contributed by atoms with E-state index < -0.39 is 15.7 Å². The van der Waals surface area contributed by atoms with Gasteiger partial charge < -0.3 is 4.74 Å². The number of halogens is 2. The second kappa shape index (κ2) is 6.37. The highest BCUT2D eigenvalue weighted by molar-refractivity contribution is 9.10. The molecule has 0 aromatic heterocycles. The molecule has 20 heavy (non-hydrogen) atoms. The van der Waals surface area contributed by atoms with E-state index in [0.717, 1.165) is 10.5 Å². The van der Waals surface area contributed by atoms with E-state index in [0.29, 0.717) is 5.75 Å². The van der Waals surface area contributed by atoms with Gasteiger partial charge in [0.1, 0.15) is 23.1 Å². The van der Waals surface area contributed by atoms with Crippen molar-refractivity contribution >= 4 is 25.8 Å². The molecular formula is C14H12BrFO3S.